The average Bonchev–Trinajstić information content (AvgIpc) is 3.32. The number of nitrogens with zero attached hydrogens (tertiary/aromatic N) is 2. The number of rotatable bonds is 7. The van der Waals surface area contributed by atoms with E-state index in [9.17, 15) is 23.1 Å². The normalized spacial score (nSPS) is 18.4. The van der Waals surface area contributed by atoms with Gasteiger partial charge in [0.25, 0.3) is 0 Å². The van der Waals surface area contributed by atoms with Crippen molar-refractivity contribution >= 4 is 33.7 Å². The molecule has 1 fully saturated rings. The number of carbonyl (C=O) groups excluding carboxylic acids is 1. The minimum atomic E-state index is -4.42. The van der Waals surface area contributed by atoms with E-state index >= 15 is 0 Å². The number of nitrogens with one attached hydrogen (secondary N) is 1. The van der Waals surface area contributed by atoms with E-state index in [2.05, 4.69) is 15.3 Å². The van der Waals surface area contributed by atoms with E-state index in [1.165, 1.54) is 34.8 Å². The highest BCUT2D eigenvalue weighted by atomic mass is 32.1. The van der Waals surface area contributed by atoms with Crippen molar-refractivity contribution in [3.05, 3.63) is 51.5 Å². The van der Waals surface area contributed by atoms with E-state index in [-0.39, 0.29) is 36.7 Å². The Morgan fingerprint density at radius 3 is 2.72 bits per heavy atom. The van der Waals surface area contributed by atoms with Crippen LogP contribution in [0.5, 0.6) is 0 Å². The third kappa shape index (κ3) is 5.01. The summed E-state index contributed by atoms with van der Waals surface area (Å²) in [5.74, 6) is -0.449. The number of carbonyl (C=O) groups is 1. The second-order valence-electron chi connectivity index (χ2n) is 7.46. The fraction of sp³-hybridized carbons (Fsp3) is 0.381. The fourth-order valence-corrected chi connectivity index (χ4v) is 5.11. The van der Waals surface area contributed by atoms with E-state index in [4.69, 9.17) is 4.74 Å². The number of aliphatic hydroxyl groups is 1. The molecule has 0 bridgehead atoms. The van der Waals surface area contributed by atoms with Crippen molar-refractivity contribution in [3.63, 3.8) is 0 Å². The predicted octanol–water partition coefficient (Wildman–Crippen LogP) is 5.02. The Bertz CT molecular complexity index is 1110. The van der Waals surface area contributed by atoms with Gasteiger partial charge in [-0.05, 0) is 31.4 Å². The topological polar surface area (TPSA) is 84.3 Å². The van der Waals surface area contributed by atoms with Crippen LogP contribution in [0.1, 0.15) is 34.7 Å². The SMILES string of the molecule is Cc1nc(CO)sc1-c1csc(NC(=O)C2CC(OCc3ccccc3C(F)(F)F)C2)n1. The second-order valence-corrected chi connectivity index (χ2v) is 9.41. The van der Waals surface area contributed by atoms with Gasteiger partial charge in [-0.1, -0.05) is 18.2 Å². The number of benzene rings is 1. The number of ether oxygens (including phenoxy) is 1. The quantitative estimate of drug-likeness (QED) is 0.493. The van der Waals surface area contributed by atoms with Crippen LogP contribution in [0.25, 0.3) is 10.6 Å². The maximum atomic E-state index is 13.1. The molecule has 6 nitrogen and oxygen atoms in total. The van der Waals surface area contributed by atoms with Gasteiger partial charge in [-0.3, -0.25) is 4.79 Å². The smallest absolute Gasteiger partial charge is 0.389 e. The Balaban J connectivity index is 1.28. The lowest BCUT2D eigenvalue weighted by Gasteiger charge is -2.34. The van der Waals surface area contributed by atoms with Crippen LogP contribution in [0.3, 0.4) is 0 Å². The lowest BCUT2D eigenvalue weighted by molar-refractivity contribution is -0.140. The van der Waals surface area contributed by atoms with E-state index in [1.807, 2.05) is 12.3 Å². The summed E-state index contributed by atoms with van der Waals surface area (Å²) in [6.45, 7) is 1.56. The van der Waals surface area contributed by atoms with Crippen LogP contribution >= 0.6 is 22.7 Å². The molecule has 0 saturated heterocycles. The lowest BCUT2D eigenvalue weighted by Crippen LogP contribution is -2.39. The molecule has 4 rings (SSSR count). The minimum Gasteiger partial charge on any atom is -0.389 e. The van der Waals surface area contributed by atoms with Gasteiger partial charge >= 0.3 is 6.18 Å². The van der Waals surface area contributed by atoms with Gasteiger partial charge in [-0.2, -0.15) is 13.2 Å². The molecule has 0 aliphatic heterocycles. The van der Waals surface area contributed by atoms with Gasteiger partial charge in [-0.15, -0.1) is 22.7 Å². The summed E-state index contributed by atoms with van der Waals surface area (Å²) in [5, 5.41) is 14.9. The van der Waals surface area contributed by atoms with Crippen molar-refractivity contribution in [2.24, 2.45) is 5.92 Å². The molecule has 0 radical (unpaired) electrons. The molecule has 3 aromatic rings. The highest BCUT2D eigenvalue weighted by molar-refractivity contribution is 7.17. The zero-order valence-corrected chi connectivity index (χ0v) is 18.6. The number of thiazole rings is 2. The first kappa shape index (κ1) is 22.8. The molecule has 0 spiro atoms. The van der Waals surface area contributed by atoms with E-state index < -0.39 is 11.7 Å². The minimum absolute atomic E-state index is 0.0888. The van der Waals surface area contributed by atoms with Gasteiger partial charge < -0.3 is 15.2 Å². The maximum absolute atomic E-state index is 13.1. The molecule has 0 atom stereocenters. The van der Waals surface area contributed by atoms with Gasteiger partial charge in [0.15, 0.2) is 5.13 Å². The highest BCUT2D eigenvalue weighted by Gasteiger charge is 2.37. The van der Waals surface area contributed by atoms with Gasteiger partial charge in [0.1, 0.15) is 5.01 Å². The molecule has 1 amide bonds. The van der Waals surface area contributed by atoms with Crippen LogP contribution < -0.4 is 5.32 Å². The Morgan fingerprint density at radius 2 is 2.03 bits per heavy atom. The van der Waals surface area contributed by atoms with Crippen molar-refractivity contribution in [3.8, 4) is 10.6 Å². The van der Waals surface area contributed by atoms with E-state index in [0.29, 0.717) is 28.7 Å². The fourth-order valence-electron chi connectivity index (χ4n) is 3.45. The summed E-state index contributed by atoms with van der Waals surface area (Å²) in [6.07, 6.45) is -3.78. The maximum Gasteiger partial charge on any atom is 0.416 e. The van der Waals surface area contributed by atoms with Gasteiger partial charge in [0, 0.05) is 11.3 Å². The summed E-state index contributed by atoms with van der Waals surface area (Å²) >= 11 is 2.65. The number of halogens is 3. The second kappa shape index (κ2) is 9.26. The summed E-state index contributed by atoms with van der Waals surface area (Å²) in [6, 6.07) is 5.34. The van der Waals surface area contributed by atoms with Crippen molar-refractivity contribution in [2.75, 3.05) is 5.32 Å². The molecular formula is C21H20F3N3O3S2. The summed E-state index contributed by atoms with van der Waals surface area (Å²) in [4.78, 5) is 22.0. The standard InChI is InChI=1S/C21H20F3N3O3S2/c1-11-18(32-17(8-28)25-11)16-10-31-20(26-16)27-19(29)13-6-14(7-13)30-9-12-4-2-3-5-15(12)21(22,23)24/h2-5,10,13-14,28H,6-9H2,1H3,(H,26,27,29). The van der Waals surface area contributed by atoms with Gasteiger partial charge in [0.05, 0.1) is 41.1 Å². The predicted molar refractivity (Wildman–Crippen MR) is 115 cm³/mol. The number of aryl methyl sites for hydroxylation is 1. The molecule has 1 saturated carbocycles. The number of aromatic nitrogens is 2. The lowest BCUT2D eigenvalue weighted by atomic mass is 9.81. The molecule has 2 aromatic heterocycles. The van der Waals surface area contributed by atoms with E-state index in [1.54, 1.807) is 6.07 Å². The Hall–Kier alpha value is -2.34. The zero-order valence-electron chi connectivity index (χ0n) is 17.0. The molecule has 170 valence electrons. The number of aliphatic hydroxyl groups excluding tert-OH is 1. The Morgan fingerprint density at radius 1 is 1.28 bits per heavy atom. The number of hydrogen-bond donors (Lipinski definition) is 2. The van der Waals surface area contributed by atoms with Crippen LogP contribution in [0.2, 0.25) is 0 Å². The van der Waals surface area contributed by atoms with Crippen molar-refractivity contribution in [2.45, 2.75) is 45.3 Å². The first-order valence-corrected chi connectivity index (χ1v) is 11.5. The van der Waals surface area contributed by atoms with Crippen LogP contribution in [0, 0.1) is 12.8 Å². The van der Waals surface area contributed by atoms with E-state index in [0.717, 1.165) is 16.6 Å². The van der Waals surface area contributed by atoms with Crippen LogP contribution in [-0.2, 0) is 28.9 Å². The average molecular weight is 484 g/mol. The molecule has 11 heteroatoms. The third-order valence-corrected chi connectivity index (χ3v) is 7.13. The molecule has 32 heavy (non-hydrogen) atoms. The van der Waals surface area contributed by atoms with Crippen molar-refractivity contribution < 1.29 is 27.8 Å². The monoisotopic (exact) mass is 483 g/mol. The third-order valence-electron chi connectivity index (χ3n) is 5.21. The summed E-state index contributed by atoms with van der Waals surface area (Å²) < 4.78 is 44.8. The number of anilines is 1. The molecule has 2 N–H and O–H groups in total. The molecule has 0 unspecified atom stereocenters. The molecule has 1 aliphatic rings. The first-order valence-electron chi connectivity index (χ1n) is 9.85. The van der Waals surface area contributed by atoms with Crippen LogP contribution in [0.15, 0.2) is 29.6 Å². The van der Waals surface area contributed by atoms with Gasteiger partial charge in [-0.25, -0.2) is 9.97 Å². The largest absolute Gasteiger partial charge is 0.416 e. The first-order chi connectivity index (χ1) is 15.2. The number of alkyl halides is 3. The molecular weight excluding hydrogens is 463 g/mol. The number of amides is 1. The van der Waals surface area contributed by atoms with Crippen molar-refractivity contribution in [1.82, 2.24) is 9.97 Å². The molecule has 2 heterocycles. The molecule has 1 aromatic carbocycles. The number of hydrogen-bond acceptors (Lipinski definition) is 7. The highest BCUT2D eigenvalue weighted by Crippen LogP contribution is 2.36. The van der Waals surface area contributed by atoms with Crippen LogP contribution in [-0.4, -0.2) is 27.1 Å². The Labute approximate surface area is 190 Å². The summed E-state index contributed by atoms with van der Waals surface area (Å²) in [7, 11) is 0. The molecule has 1 aliphatic carbocycles. The van der Waals surface area contributed by atoms with Crippen LogP contribution in [0.4, 0.5) is 18.3 Å². The van der Waals surface area contributed by atoms with Crippen molar-refractivity contribution in [1.29, 1.82) is 0 Å². The Kier molecular flexibility index (Phi) is 6.61. The summed E-state index contributed by atoms with van der Waals surface area (Å²) in [5.41, 5.74) is 0.855. The van der Waals surface area contributed by atoms with Gasteiger partial charge in [0.2, 0.25) is 5.91 Å². The zero-order chi connectivity index (χ0) is 22.9.